The Labute approximate surface area is 114 Å². The molecule has 1 aliphatic heterocycles. The number of halogens is 1. The maximum atomic E-state index is 10.6. The Morgan fingerprint density at radius 3 is 2.88 bits per heavy atom. The molecular weight excluding hydrogens is 278 g/mol. The van der Waals surface area contributed by atoms with Crippen molar-refractivity contribution in [3.63, 3.8) is 0 Å². The fourth-order valence-electron chi connectivity index (χ4n) is 3.45. The molecule has 1 N–H and O–H groups in total. The summed E-state index contributed by atoms with van der Waals surface area (Å²) in [5.41, 5.74) is -0.301. The van der Waals surface area contributed by atoms with E-state index in [0.29, 0.717) is 5.92 Å². The van der Waals surface area contributed by atoms with Crippen LogP contribution in [0.1, 0.15) is 51.4 Å². The summed E-state index contributed by atoms with van der Waals surface area (Å²) in [5, 5.41) is 11.7. The minimum Gasteiger partial charge on any atom is -0.390 e. The maximum absolute atomic E-state index is 10.6. The van der Waals surface area contributed by atoms with Crippen LogP contribution in [0.4, 0.5) is 0 Å². The van der Waals surface area contributed by atoms with Crippen molar-refractivity contribution in [2.24, 2.45) is 5.92 Å². The molecule has 2 unspecified atom stereocenters. The van der Waals surface area contributed by atoms with Gasteiger partial charge in [-0.25, -0.2) is 0 Å². The molecule has 0 spiro atoms. The molecule has 0 aromatic rings. The summed E-state index contributed by atoms with van der Waals surface area (Å²) >= 11 is 3.48. The molecule has 0 aromatic carbocycles. The second kappa shape index (κ2) is 6.53. The number of nitrogens with zero attached hydrogens (tertiary/aromatic N) is 1. The summed E-state index contributed by atoms with van der Waals surface area (Å²) in [6, 6.07) is 0. The molecule has 1 aliphatic carbocycles. The van der Waals surface area contributed by atoms with Gasteiger partial charge in [0, 0.05) is 24.3 Å². The molecule has 100 valence electrons. The highest BCUT2D eigenvalue weighted by atomic mass is 79.9. The summed E-state index contributed by atoms with van der Waals surface area (Å²) in [6.45, 7) is 3.49. The Morgan fingerprint density at radius 2 is 2.06 bits per heavy atom. The summed E-state index contributed by atoms with van der Waals surface area (Å²) in [7, 11) is 0. The Bertz CT molecular complexity index is 236. The number of likely N-dealkylation sites (tertiary alicyclic amines) is 1. The quantitative estimate of drug-likeness (QED) is 0.623. The van der Waals surface area contributed by atoms with Gasteiger partial charge in [0.15, 0.2) is 0 Å². The minimum absolute atomic E-state index is 0.301. The topological polar surface area (TPSA) is 23.5 Å². The van der Waals surface area contributed by atoms with Crippen molar-refractivity contribution in [2.75, 3.05) is 25.0 Å². The van der Waals surface area contributed by atoms with Gasteiger partial charge in [-0.05, 0) is 38.6 Å². The van der Waals surface area contributed by atoms with Crippen molar-refractivity contribution < 1.29 is 5.11 Å². The number of hydrogen-bond donors (Lipinski definition) is 1. The molecule has 1 saturated carbocycles. The number of alkyl halides is 1. The number of fused-ring (bicyclic) bond motifs is 1. The molecule has 1 heterocycles. The van der Waals surface area contributed by atoms with Gasteiger partial charge in [0.1, 0.15) is 0 Å². The molecule has 3 heteroatoms. The van der Waals surface area contributed by atoms with Gasteiger partial charge in [-0.3, -0.25) is 0 Å². The number of piperidine rings is 1. The highest BCUT2D eigenvalue weighted by Gasteiger charge is 2.42. The predicted octanol–water partition coefficient (Wildman–Crippen LogP) is 3.18. The average molecular weight is 304 g/mol. The van der Waals surface area contributed by atoms with Crippen LogP contribution in [0.15, 0.2) is 0 Å². The molecule has 0 aromatic heterocycles. The van der Waals surface area contributed by atoms with Gasteiger partial charge < -0.3 is 10.0 Å². The number of hydrogen-bond acceptors (Lipinski definition) is 2. The highest BCUT2D eigenvalue weighted by Crippen LogP contribution is 2.39. The van der Waals surface area contributed by atoms with Crippen LogP contribution in [0, 0.1) is 5.92 Å². The fourth-order valence-corrected chi connectivity index (χ4v) is 3.85. The first kappa shape index (κ1) is 13.8. The van der Waals surface area contributed by atoms with Gasteiger partial charge in [-0.1, -0.05) is 35.2 Å². The lowest BCUT2D eigenvalue weighted by Gasteiger charge is -2.47. The van der Waals surface area contributed by atoms with Crippen LogP contribution in [0.3, 0.4) is 0 Å². The van der Waals surface area contributed by atoms with Gasteiger partial charge in [0.25, 0.3) is 0 Å². The van der Waals surface area contributed by atoms with Gasteiger partial charge >= 0.3 is 0 Å². The highest BCUT2D eigenvalue weighted by molar-refractivity contribution is 9.09. The lowest BCUT2D eigenvalue weighted by molar-refractivity contribution is -0.0953. The molecule has 1 saturated heterocycles. The SMILES string of the molecule is OC12CCCCC1CN(CCCCCBr)CC2. The molecule has 2 atom stereocenters. The maximum Gasteiger partial charge on any atom is 0.0700 e. The first-order valence-electron chi connectivity index (χ1n) is 7.25. The molecular formula is C14H26BrNO. The van der Waals surface area contributed by atoms with Gasteiger partial charge in [-0.15, -0.1) is 0 Å². The Hall–Kier alpha value is 0.400. The van der Waals surface area contributed by atoms with E-state index < -0.39 is 0 Å². The zero-order chi connectivity index (χ0) is 12.1. The first-order chi connectivity index (χ1) is 8.24. The van der Waals surface area contributed by atoms with Crippen LogP contribution in [-0.4, -0.2) is 40.6 Å². The smallest absolute Gasteiger partial charge is 0.0700 e. The molecule has 0 bridgehead atoms. The van der Waals surface area contributed by atoms with E-state index in [1.54, 1.807) is 0 Å². The number of aliphatic hydroxyl groups is 1. The summed E-state index contributed by atoms with van der Waals surface area (Å²) in [6.07, 6.45) is 9.80. The molecule has 2 fully saturated rings. The largest absolute Gasteiger partial charge is 0.390 e. The van der Waals surface area contributed by atoms with Gasteiger partial charge in [-0.2, -0.15) is 0 Å². The van der Waals surface area contributed by atoms with Crippen LogP contribution in [0.2, 0.25) is 0 Å². The van der Waals surface area contributed by atoms with Crippen molar-refractivity contribution in [2.45, 2.75) is 57.0 Å². The van der Waals surface area contributed by atoms with Crippen LogP contribution in [-0.2, 0) is 0 Å². The van der Waals surface area contributed by atoms with Crippen molar-refractivity contribution in [3.05, 3.63) is 0 Å². The standard InChI is InChI=1S/C14H26BrNO/c15-9-4-1-5-10-16-11-8-14(17)7-3-2-6-13(14)12-16/h13,17H,1-12H2. The molecule has 0 radical (unpaired) electrons. The van der Waals surface area contributed by atoms with Crippen LogP contribution >= 0.6 is 15.9 Å². The van der Waals surface area contributed by atoms with Gasteiger partial charge in [0.2, 0.25) is 0 Å². The monoisotopic (exact) mass is 303 g/mol. The van der Waals surface area contributed by atoms with Crippen molar-refractivity contribution in [3.8, 4) is 0 Å². The molecule has 17 heavy (non-hydrogen) atoms. The average Bonchev–Trinajstić information content (AvgIpc) is 2.34. The minimum atomic E-state index is -0.301. The summed E-state index contributed by atoms with van der Waals surface area (Å²) in [4.78, 5) is 2.58. The predicted molar refractivity (Wildman–Crippen MR) is 75.6 cm³/mol. The number of rotatable bonds is 5. The van der Waals surface area contributed by atoms with E-state index in [9.17, 15) is 5.11 Å². The van der Waals surface area contributed by atoms with Crippen LogP contribution in [0.5, 0.6) is 0 Å². The second-order valence-electron chi connectivity index (χ2n) is 5.85. The Morgan fingerprint density at radius 1 is 1.18 bits per heavy atom. The van der Waals surface area contributed by atoms with E-state index in [1.165, 1.54) is 45.1 Å². The van der Waals surface area contributed by atoms with E-state index in [0.717, 1.165) is 31.3 Å². The van der Waals surface area contributed by atoms with E-state index in [-0.39, 0.29) is 5.60 Å². The molecule has 0 amide bonds. The third-order valence-corrected chi connectivity index (χ3v) is 5.18. The summed E-state index contributed by atoms with van der Waals surface area (Å²) in [5.74, 6) is 0.557. The van der Waals surface area contributed by atoms with E-state index in [2.05, 4.69) is 20.8 Å². The van der Waals surface area contributed by atoms with Gasteiger partial charge in [0.05, 0.1) is 5.60 Å². The zero-order valence-electron chi connectivity index (χ0n) is 10.8. The lowest BCUT2D eigenvalue weighted by Crippen LogP contribution is -2.53. The van der Waals surface area contributed by atoms with E-state index in [4.69, 9.17) is 0 Å². The third-order valence-electron chi connectivity index (χ3n) is 4.62. The van der Waals surface area contributed by atoms with Crippen LogP contribution < -0.4 is 0 Å². The Kier molecular flexibility index (Phi) is 5.31. The molecule has 2 nitrogen and oxygen atoms in total. The van der Waals surface area contributed by atoms with Crippen molar-refractivity contribution in [1.29, 1.82) is 0 Å². The second-order valence-corrected chi connectivity index (χ2v) is 6.64. The van der Waals surface area contributed by atoms with Crippen molar-refractivity contribution >= 4 is 15.9 Å². The normalized spacial score (nSPS) is 34.6. The third kappa shape index (κ3) is 3.68. The fraction of sp³-hybridized carbons (Fsp3) is 1.00. The first-order valence-corrected chi connectivity index (χ1v) is 8.37. The van der Waals surface area contributed by atoms with E-state index >= 15 is 0 Å². The lowest BCUT2D eigenvalue weighted by atomic mass is 9.71. The number of unbranched alkanes of at least 4 members (excludes halogenated alkanes) is 2. The van der Waals surface area contributed by atoms with Crippen molar-refractivity contribution in [1.82, 2.24) is 4.90 Å². The van der Waals surface area contributed by atoms with Crippen LogP contribution in [0.25, 0.3) is 0 Å². The Balaban J connectivity index is 1.73. The van der Waals surface area contributed by atoms with E-state index in [1.807, 2.05) is 0 Å². The molecule has 2 aliphatic rings. The summed E-state index contributed by atoms with van der Waals surface area (Å²) < 4.78 is 0. The molecule has 2 rings (SSSR count). The zero-order valence-corrected chi connectivity index (χ0v) is 12.4.